The number of benzene rings is 2. The number of hydrogen-bond acceptors (Lipinski definition) is 5. The lowest BCUT2D eigenvalue weighted by atomic mass is 10.1. The number of allylic oxidation sites excluding steroid dienone is 1. The molecule has 2 aromatic carbocycles. The highest BCUT2D eigenvalue weighted by Gasteiger charge is 2.46. The molecule has 3 rings (SSSR count). The third kappa shape index (κ3) is 7.96. The number of morpholine rings is 1. The number of alkyl halides is 3. The normalized spacial score (nSPS) is 15.2. The van der Waals surface area contributed by atoms with E-state index >= 15 is 0 Å². The fourth-order valence-corrected chi connectivity index (χ4v) is 3.29. The van der Waals surface area contributed by atoms with Gasteiger partial charge in [-0.15, -0.1) is 0 Å². The van der Waals surface area contributed by atoms with Crippen LogP contribution in [0.2, 0.25) is 0 Å². The molecule has 2 amide bonds. The molecular formula is C25H24F3N3O4. The van der Waals surface area contributed by atoms with Gasteiger partial charge in [-0.05, 0) is 47.5 Å². The van der Waals surface area contributed by atoms with Gasteiger partial charge in [-0.1, -0.05) is 36.1 Å². The Morgan fingerprint density at radius 2 is 1.74 bits per heavy atom. The van der Waals surface area contributed by atoms with Gasteiger partial charge in [0, 0.05) is 30.8 Å². The number of halogens is 3. The van der Waals surface area contributed by atoms with E-state index in [1.54, 1.807) is 17.5 Å². The Bertz CT molecular complexity index is 1100. The molecule has 0 aromatic heterocycles. The molecule has 1 atom stereocenters. The van der Waals surface area contributed by atoms with Gasteiger partial charge in [-0.25, -0.2) is 5.48 Å². The molecule has 184 valence electrons. The zero-order chi connectivity index (χ0) is 25.3. The summed E-state index contributed by atoms with van der Waals surface area (Å²) >= 11 is 0. The highest BCUT2D eigenvalue weighted by atomic mass is 19.4. The first-order valence-electron chi connectivity index (χ1n) is 10.7. The van der Waals surface area contributed by atoms with Crippen LogP contribution in [0.25, 0.3) is 6.08 Å². The first kappa shape index (κ1) is 26.0. The highest BCUT2D eigenvalue weighted by Crippen LogP contribution is 2.21. The molecule has 0 spiro atoms. The fraction of sp³-hybridized carbons (Fsp3) is 0.280. The molecule has 1 aliphatic rings. The van der Waals surface area contributed by atoms with Crippen LogP contribution < -0.4 is 10.8 Å². The summed E-state index contributed by atoms with van der Waals surface area (Å²) in [5, 5.41) is 10.0. The summed E-state index contributed by atoms with van der Waals surface area (Å²) in [6.07, 6.45) is -1.74. The van der Waals surface area contributed by atoms with Gasteiger partial charge >= 0.3 is 6.18 Å². The predicted molar refractivity (Wildman–Crippen MR) is 122 cm³/mol. The van der Waals surface area contributed by atoms with Crippen LogP contribution in [0, 0.1) is 11.8 Å². The van der Waals surface area contributed by atoms with Crippen molar-refractivity contribution < 1.29 is 32.7 Å². The number of carbonyl (C=O) groups is 2. The smallest absolute Gasteiger partial charge is 0.379 e. The van der Waals surface area contributed by atoms with Crippen molar-refractivity contribution in [3.05, 3.63) is 76.9 Å². The van der Waals surface area contributed by atoms with Crippen LogP contribution in [0.4, 0.5) is 13.2 Å². The standard InChI is InChI=1S/C25H24F3N3O4/c26-25(27,28)22(24(33)30-34)29-23(32)21-11-9-19(10-12-21)4-2-1-3-18-5-7-20(8-6-18)17-31-13-15-35-16-14-31/h2,4-12,22,34H,13-17H2,(H,29,32)(H,30,33)/t22-/m1/s1. The summed E-state index contributed by atoms with van der Waals surface area (Å²) in [5.41, 5.74) is 3.56. The van der Waals surface area contributed by atoms with Gasteiger partial charge < -0.3 is 10.1 Å². The molecule has 0 radical (unpaired) electrons. The Morgan fingerprint density at radius 3 is 2.34 bits per heavy atom. The van der Waals surface area contributed by atoms with Crippen molar-refractivity contribution in [1.82, 2.24) is 15.7 Å². The summed E-state index contributed by atoms with van der Waals surface area (Å²) in [7, 11) is 0. The molecule has 10 heteroatoms. The molecule has 3 N–H and O–H groups in total. The van der Waals surface area contributed by atoms with Crippen molar-refractivity contribution in [3.63, 3.8) is 0 Å². The molecule has 35 heavy (non-hydrogen) atoms. The number of nitrogens with one attached hydrogen (secondary N) is 2. The maximum atomic E-state index is 12.9. The van der Waals surface area contributed by atoms with E-state index in [-0.39, 0.29) is 5.56 Å². The zero-order valence-corrected chi connectivity index (χ0v) is 18.6. The lowest BCUT2D eigenvalue weighted by Gasteiger charge is -2.26. The van der Waals surface area contributed by atoms with E-state index in [0.29, 0.717) is 5.56 Å². The van der Waals surface area contributed by atoms with Crippen molar-refractivity contribution in [3.8, 4) is 11.8 Å². The Morgan fingerprint density at radius 1 is 1.09 bits per heavy atom. The minimum Gasteiger partial charge on any atom is -0.379 e. The quantitative estimate of drug-likeness (QED) is 0.331. The molecule has 0 bridgehead atoms. The predicted octanol–water partition coefficient (Wildman–Crippen LogP) is 2.75. The molecule has 1 fully saturated rings. The monoisotopic (exact) mass is 487 g/mol. The highest BCUT2D eigenvalue weighted by molar-refractivity contribution is 5.97. The second-order valence-corrected chi connectivity index (χ2v) is 7.73. The average molecular weight is 487 g/mol. The van der Waals surface area contributed by atoms with Gasteiger partial charge in [-0.3, -0.25) is 19.7 Å². The fourth-order valence-electron chi connectivity index (χ4n) is 3.29. The lowest BCUT2D eigenvalue weighted by molar-refractivity contribution is -0.172. The van der Waals surface area contributed by atoms with Crippen molar-refractivity contribution >= 4 is 17.9 Å². The summed E-state index contributed by atoms with van der Waals surface area (Å²) < 4.78 is 44.0. The summed E-state index contributed by atoms with van der Waals surface area (Å²) in [6, 6.07) is 10.8. The summed E-state index contributed by atoms with van der Waals surface area (Å²) in [4.78, 5) is 25.6. The van der Waals surface area contributed by atoms with E-state index in [0.717, 1.165) is 43.9 Å². The van der Waals surface area contributed by atoms with Crippen molar-refractivity contribution in [2.45, 2.75) is 18.8 Å². The molecule has 0 saturated carbocycles. The van der Waals surface area contributed by atoms with Gasteiger partial charge in [0.1, 0.15) is 0 Å². The van der Waals surface area contributed by atoms with E-state index in [1.807, 2.05) is 24.3 Å². The van der Waals surface area contributed by atoms with Crippen LogP contribution in [-0.4, -0.2) is 60.4 Å². The number of carbonyl (C=O) groups excluding carboxylic acids is 2. The number of rotatable bonds is 6. The maximum absolute atomic E-state index is 12.9. The minimum absolute atomic E-state index is 0.0783. The number of ether oxygens (including phenoxy) is 1. The van der Waals surface area contributed by atoms with Crippen molar-refractivity contribution in [2.24, 2.45) is 0 Å². The van der Waals surface area contributed by atoms with E-state index in [1.165, 1.54) is 29.8 Å². The van der Waals surface area contributed by atoms with Gasteiger partial charge in [0.25, 0.3) is 11.8 Å². The minimum atomic E-state index is -5.06. The van der Waals surface area contributed by atoms with Gasteiger partial charge in [-0.2, -0.15) is 13.2 Å². The molecule has 0 aliphatic carbocycles. The van der Waals surface area contributed by atoms with Crippen molar-refractivity contribution in [1.29, 1.82) is 0 Å². The number of nitrogens with zero attached hydrogens (tertiary/aromatic N) is 1. The van der Waals surface area contributed by atoms with Crippen LogP contribution in [0.15, 0.2) is 54.6 Å². The zero-order valence-electron chi connectivity index (χ0n) is 18.6. The first-order valence-corrected chi connectivity index (χ1v) is 10.7. The van der Waals surface area contributed by atoms with E-state index in [9.17, 15) is 22.8 Å². The average Bonchev–Trinajstić information content (AvgIpc) is 2.86. The molecule has 0 unspecified atom stereocenters. The third-order valence-electron chi connectivity index (χ3n) is 5.19. The van der Waals surface area contributed by atoms with Crippen LogP contribution in [-0.2, 0) is 16.1 Å². The van der Waals surface area contributed by atoms with Crippen LogP contribution in [0.5, 0.6) is 0 Å². The van der Waals surface area contributed by atoms with E-state index < -0.39 is 24.0 Å². The molecule has 1 heterocycles. The number of amides is 2. The Kier molecular flexibility index (Phi) is 9.03. The van der Waals surface area contributed by atoms with Crippen molar-refractivity contribution in [2.75, 3.05) is 26.3 Å². The van der Waals surface area contributed by atoms with Gasteiger partial charge in [0.05, 0.1) is 13.2 Å². The molecule has 7 nitrogen and oxygen atoms in total. The van der Waals surface area contributed by atoms with Crippen LogP contribution in [0.3, 0.4) is 0 Å². The molecule has 2 aromatic rings. The number of hydroxylamine groups is 1. The molecule has 1 saturated heterocycles. The second kappa shape index (κ2) is 12.2. The first-order chi connectivity index (χ1) is 16.8. The maximum Gasteiger partial charge on any atom is 0.417 e. The summed E-state index contributed by atoms with van der Waals surface area (Å²) in [6.45, 7) is 4.23. The number of hydrogen-bond donors (Lipinski definition) is 3. The molecule has 1 aliphatic heterocycles. The SMILES string of the molecule is O=C(N[C@H](C(=O)NO)C(F)(F)F)c1ccc(C=CC#Cc2ccc(CN3CCOCC3)cc2)cc1. The lowest BCUT2D eigenvalue weighted by Crippen LogP contribution is -2.54. The molecular weight excluding hydrogens is 463 g/mol. The van der Waals surface area contributed by atoms with Gasteiger partial charge in [0.2, 0.25) is 6.04 Å². The Hall–Kier alpha value is -3.65. The summed E-state index contributed by atoms with van der Waals surface area (Å²) in [5.74, 6) is 3.06. The van der Waals surface area contributed by atoms with Crippen LogP contribution >= 0.6 is 0 Å². The Balaban J connectivity index is 1.54. The second-order valence-electron chi connectivity index (χ2n) is 7.73. The van der Waals surface area contributed by atoms with E-state index in [4.69, 9.17) is 9.94 Å². The topological polar surface area (TPSA) is 90.9 Å². The van der Waals surface area contributed by atoms with E-state index in [2.05, 4.69) is 16.7 Å². The van der Waals surface area contributed by atoms with Gasteiger partial charge in [0.15, 0.2) is 0 Å². The Labute approximate surface area is 200 Å². The van der Waals surface area contributed by atoms with Crippen LogP contribution in [0.1, 0.15) is 27.0 Å². The third-order valence-corrected chi connectivity index (χ3v) is 5.19. The largest absolute Gasteiger partial charge is 0.417 e.